The number of aromatic nitrogens is 3. The van der Waals surface area contributed by atoms with Gasteiger partial charge < -0.3 is 4.74 Å². The quantitative estimate of drug-likeness (QED) is 0.563. The van der Waals surface area contributed by atoms with Gasteiger partial charge in [0.05, 0.1) is 12.8 Å². The second kappa shape index (κ2) is 8.81. The third-order valence-corrected chi connectivity index (χ3v) is 4.01. The molecule has 2 aromatic heterocycles. The molecule has 2 aromatic carbocycles. The molecule has 1 N–H and O–H groups in total. The van der Waals surface area contributed by atoms with E-state index in [1.165, 1.54) is 0 Å². The number of methoxy groups -OCH3 is 1. The highest BCUT2D eigenvalue weighted by Crippen LogP contribution is 2.23. The number of carbonyl (C=O) groups excluding carboxylic acids is 1. The van der Waals surface area contributed by atoms with E-state index in [-0.39, 0.29) is 11.9 Å². The van der Waals surface area contributed by atoms with Crippen molar-refractivity contribution in [3.63, 3.8) is 0 Å². The van der Waals surface area contributed by atoms with E-state index in [0.29, 0.717) is 11.2 Å². The van der Waals surface area contributed by atoms with E-state index in [2.05, 4.69) is 15.4 Å². The molecule has 4 rings (SSSR count). The first-order valence-electron chi connectivity index (χ1n) is 9.11. The first-order valence-corrected chi connectivity index (χ1v) is 9.11. The number of nitrogens with zero attached hydrogens (tertiary/aromatic N) is 3. The maximum Gasteiger partial charge on any atom is 0.258 e. The molecule has 6 nitrogen and oxygen atoms in total. The van der Waals surface area contributed by atoms with Crippen LogP contribution in [-0.2, 0) is 0 Å². The van der Waals surface area contributed by atoms with Gasteiger partial charge in [-0.15, -0.1) is 5.10 Å². The highest BCUT2D eigenvalue weighted by molar-refractivity contribution is 6.03. The molecule has 0 fully saturated rings. The molecule has 0 radical (unpaired) electrons. The van der Waals surface area contributed by atoms with Crippen LogP contribution in [0, 0.1) is 0 Å². The van der Waals surface area contributed by atoms with E-state index in [9.17, 15) is 4.79 Å². The number of hydrogen-bond donors (Lipinski definition) is 1. The van der Waals surface area contributed by atoms with Crippen LogP contribution in [0.4, 0.5) is 5.95 Å². The van der Waals surface area contributed by atoms with Crippen LogP contribution in [-0.4, -0.2) is 27.6 Å². The number of nitrogens with one attached hydrogen (secondary N) is 1. The molecule has 0 aliphatic rings. The maximum atomic E-state index is 12.3. The summed E-state index contributed by atoms with van der Waals surface area (Å²) >= 11 is 0. The predicted molar refractivity (Wildman–Crippen MR) is 111 cm³/mol. The molecule has 6 heteroatoms. The zero-order valence-corrected chi connectivity index (χ0v) is 16.1. The van der Waals surface area contributed by atoms with E-state index in [0.717, 1.165) is 17.0 Å². The Bertz CT molecular complexity index is 1060. The number of amides is 1. The van der Waals surface area contributed by atoms with Crippen molar-refractivity contribution in [3.8, 4) is 17.0 Å². The number of rotatable bonds is 4. The SMILES string of the molecule is CC.COc1ccc(-c2cccc3nc(NC(=O)c4ccccc4)nn23)cc1. The van der Waals surface area contributed by atoms with Gasteiger partial charge in [0.2, 0.25) is 5.95 Å². The van der Waals surface area contributed by atoms with Crippen molar-refractivity contribution >= 4 is 17.5 Å². The van der Waals surface area contributed by atoms with Gasteiger partial charge in [0.1, 0.15) is 5.75 Å². The van der Waals surface area contributed by atoms with Crippen LogP contribution >= 0.6 is 0 Å². The Labute approximate surface area is 163 Å². The fourth-order valence-electron chi connectivity index (χ4n) is 2.70. The number of carbonyl (C=O) groups is 1. The molecule has 0 saturated heterocycles. The Hall–Kier alpha value is -3.67. The zero-order valence-electron chi connectivity index (χ0n) is 16.1. The average Bonchev–Trinajstić information content (AvgIpc) is 3.18. The van der Waals surface area contributed by atoms with Crippen molar-refractivity contribution in [1.29, 1.82) is 0 Å². The molecular formula is C22H22N4O2. The minimum Gasteiger partial charge on any atom is -0.497 e. The molecule has 0 aliphatic carbocycles. The van der Waals surface area contributed by atoms with Gasteiger partial charge in [-0.2, -0.15) is 4.98 Å². The van der Waals surface area contributed by atoms with Gasteiger partial charge >= 0.3 is 0 Å². The van der Waals surface area contributed by atoms with Gasteiger partial charge in [-0.3, -0.25) is 10.1 Å². The molecule has 1 amide bonds. The van der Waals surface area contributed by atoms with Crippen LogP contribution in [0.15, 0.2) is 72.8 Å². The summed E-state index contributed by atoms with van der Waals surface area (Å²) < 4.78 is 6.91. The fraction of sp³-hybridized carbons (Fsp3) is 0.136. The first-order chi connectivity index (χ1) is 13.7. The Morgan fingerprint density at radius 3 is 2.32 bits per heavy atom. The lowest BCUT2D eigenvalue weighted by molar-refractivity contribution is 0.102. The summed E-state index contributed by atoms with van der Waals surface area (Å²) in [5.41, 5.74) is 3.06. The second-order valence-corrected chi connectivity index (χ2v) is 5.67. The number of benzene rings is 2. The highest BCUT2D eigenvalue weighted by Gasteiger charge is 2.12. The van der Waals surface area contributed by atoms with Crippen LogP contribution in [0.3, 0.4) is 0 Å². The summed E-state index contributed by atoms with van der Waals surface area (Å²) in [5.74, 6) is 0.808. The van der Waals surface area contributed by atoms with Crippen molar-refractivity contribution in [1.82, 2.24) is 14.6 Å². The third kappa shape index (κ3) is 4.01. The van der Waals surface area contributed by atoms with Gasteiger partial charge in [-0.05, 0) is 48.5 Å². The average molecular weight is 374 g/mol. The molecule has 0 spiro atoms. The van der Waals surface area contributed by atoms with E-state index in [1.807, 2.05) is 74.5 Å². The number of pyridine rings is 1. The molecule has 0 unspecified atom stereocenters. The number of hydrogen-bond acceptors (Lipinski definition) is 4. The van der Waals surface area contributed by atoms with Crippen LogP contribution in [0.1, 0.15) is 24.2 Å². The van der Waals surface area contributed by atoms with Crippen molar-refractivity contribution < 1.29 is 9.53 Å². The van der Waals surface area contributed by atoms with Crippen molar-refractivity contribution in [2.75, 3.05) is 12.4 Å². The van der Waals surface area contributed by atoms with Crippen LogP contribution < -0.4 is 10.1 Å². The van der Waals surface area contributed by atoms with E-state index < -0.39 is 0 Å². The molecule has 0 saturated carbocycles. The fourth-order valence-corrected chi connectivity index (χ4v) is 2.70. The largest absolute Gasteiger partial charge is 0.497 e. The Morgan fingerprint density at radius 2 is 1.64 bits per heavy atom. The predicted octanol–water partition coefficient (Wildman–Crippen LogP) is 4.68. The summed E-state index contributed by atoms with van der Waals surface area (Å²) in [7, 11) is 1.63. The molecular weight excluding hydrogens is 352 g/mol. The summed E-state index contributed by atoms with van der Waals surface area (Å²) in [6.45, 7) is 4.00. The van der Waals surface area contributed by atoms with Crippen molar-refractivity contribution in [2.45, 2.75) is 13.8 Å². The van der Waals surface area contributed by atoms with Crippen molar-refractivity contribution in [3.05, 3.63) is 78.4 Å². The Morgan fingerprint density at radius 1 is 0.929 bits per heavy atom. The smallest absolute Gasteiger partial charge is 0.258 e. The van der Waals surface area contributed by atoms with E-state index >= 15 is 0 Å². The standard InChI is InChI=1S/C20H16N4O2.C2H6/c1-26-16-12-10-14(11-13-16)17-8-5-9-18-21-20(23-24(17)18)22-19(25)15-6-3-2-4-7-15;1-2/h2-13H,1H3,(H,22,23,25);1-2H3. The van der Waals surface area contributed by atoms with Gasteiger partial charge in [-0.25, -0.2) is 4.52 Å². The second-order valence-electron chi connectivity index (χ2n) is 5.67. The Balaban J connectivity index is 0.00000109. The molecule has 2 heterocycles. The maximum absolute atomic E-state index is 12.3. The summed E-state index contributed by atoms with van der Waals surface area (Å²) in [4.78, 5) is 16.7. The number of fused-ring (bicyclic) bond motifs is 1. The van der Waals surface area contributed by atoms with Crippen LogP contribution in [0.5, 0.6) is 5.75 Å². The molecule has 28 heavy (non-hydrogen) atoms. The zero-order chi connectivity index (χ0) is 19.9. The molecule has 0 atom stereocenters. The van der Waals surface area contributed by atoms with Crippen LogP contribution in [0.2, 0.25) is 0 Å². The molecule has 0 bridgehead atoms. The Kier molecular flexibility index (Phi) is 6.01. The summed E-state index contributed by atoms with van der Waals surface area (Å²) in [5, 5.41) is 7.18. The van der Waals surface area contributed by atoms with Crippen LogP contribution in [0.25, 0.3) is 16.9 Å². The lowest BCUT2D eigenvalue weighted by Crippen LogP contribution is -2.12. The number of ether oxygens (including phenoxy) is 1. The summed E-state index contributed by atoms with van der Waals surface area (Å²) in [6.07, 6.45) is 0. The number of anilines is 1. The minimum atomic E-state index is -0.243. The normalized spacial score (nSPS) is 10.1. The third-order valence-electron chi connectivity index (χ3n) is 4.01. The topological polar surface area (TPSA) is 68.5 Å². The van der Waals surface area contributed by atoms with Crippen molar-refractivity contribution in [2.24, 2.45) is 0 Å². The molecule has 0 aliphatic heterocycles. The molecule has 142 valence electrons. The van der Waals surface area contributed by atoms with Gasteiger partial charge in [0.15, 0.2) is 5.65 Å². The lowest BCUT2D eigenvalue weighted by Gasteiger charge is -2.05. The van der Waals surface area contributed by atoms with Gasteiger partial charge in [-0.1, -0.05) is 38.1 Å². The first kappa shape index (κ1) is 19.1. The summed E-state index contributed by atoms with van der Waals surface area (Å²) in [6, 6.07) is 22.4. The van der Waals surface area contributed by atoms with Gasteiger partial charge in [0, 0.05) is 11.1 Å². The molecule has 4 aromatic rings. The monoisotopic (exact) mass is 374 g/mol. The van der Waals surface area contributed by atoms with E-state index in [4.69, 9.17) is 4.74 Å². The lowest BCUT2D eigenvalue weighted by atomic mass is 10.1. The highest BCUT2D eigenvalue weighted by atomic mass is 16.5. The minimum absolute atomic E-state index is 0.243. The van der Waals surface area contributed by atoms with E-state index in [1.54, 1.807) is 23.8 Å². The van der Waals surface area contributed by atoms with Gasteiger partial charge in [0.25, 0.3) is 5.91 Å².